The molecule has 0 N–H and O–H groups in total. The summed E-state index contributed by atoms with van der Waals surface area (Å²) in [6.45, 7) is 9.49. The number of ketones is 1. The van der Waals surface area contributed by atoms with Crippen LogP contribution in [0.3, 0.4) is 0 Å². The van der Waals surface area contributed by atoms with Crippen molar-refractivity contribution < 1.29 is 19.0 Å². The van der Waals surface area contributed by atoms with Gasteiger partial charge in [0.05, 0.1) is 19.8 Å². The number of carbonyl (C=O) groups excluding carboxylic acids is 1. The van der Waals surface area contributed by atoms with Gasteiger partial charge in [0, 0.05) is 30.3 Å². The quantitative estimate of drug-likeness (QED) is 0.488. The molecule has 5 atom stereocenters. The van der Waals surface area contributed by atoms with Crippen LogP contribution in [0.2, 0.25) is 0 Å². The number of fused-ring (bicyclic) bond motifs is 3. The summed E-state index contributed by atoms with van der Waals surface area (Å²) in [7, 11) is 0. The van der Waals surface area contributed by atoms with Gasteiger partial charge >= 0.3 is 0 Å². The van der Waals surface area contributed by atoms with E-state index in [0.717, 1.165) is 51.7 Å². The van der Waals surface area contributed by atoms with Gasteiger partial charge in [0.2, 0.25) is 0 Å². The van der Waals surface area contributed by atoms with Gasteiger partial charge in [-0.25, -0.2) is 0 Å². The van der Waals surface area contributed by atoms with E-state index >= 15 is 0 Å². The highest BCUT2D eigenvalue weighted by molar-refractivity contribution is 5.87. The Balaban J connectivity index is 1.45. The van der Waals surface area contributed by atoms with E-state index in [4.69, 9.17) is 14.2 Å². The number of allylic oxidation sites excluding steroid dienone is 1. The lowest BCUT2D eigenvalue weighted by Gasteiger charge is -2.46. The maximum Gasteiger partial charge on any atom is 0.139 e. The first-order valence-electron chi connectivity index (χ1n) is 10.4. The zero-order valence-corrected chi connectivity index (χ0v) is 16.4. The van der Waals surface area contributed by atoms with E-state index in [1.54, 1.807) is 0 Å². The molecule has 0 amide bonds. The molecule has 3 aliphatic carbocycles. The van der Waals surface area contributed by atoms with Crippen LogP contribution in [0.5, 0.6) is 0 Å². The first kappa shape index (κ1) is 17.4. The SMILES string of the molecule is CC1(C)COCCC23OC2(CCC2C3=CCC3(C)C(=O)CCC23)COC1. The van der Waals surface area contributed by atoms with Crippen molar-refractivity contribution in [1.82, 2.24) is 0 Å². The van der Waals surface area contributed by atoms with Gasteiger partial charge in [-0.2, -0.15) is 0 Å². The monoisotopic (exact) mass is 360 g/mol. The summed E-state index contributed by atoms with van der Waals surface area (Å²) in [5, 5.41) is 0. The molecule has 2 heterocycles. The minimum absolute atomic E-state index is 0.0544. The predicted octanol–water partition coefficient (Wildman–Crippen LogP) is 3.68. The Hall–Kier alpha value is -0.710. The van der Waals surface area contributed by atoms with Crippen molar-refractivity contribution in [3.63, 3.8) is 0 Å². The fraction of sp³-hybridized carbons (Fsp3) is 0.864. The number of Topliss-reactive ketones (excluding diaryl/α,β-unsaturated/α-hetero) is 1. The molecule has 26 heavy (non-hydrogen) atoms. The topological polar surface area (TPSA) is 48.1 Å². The maximum atomic E-state index is 12.5. The van der Waals surface area contributed by atoms with Crippen LogP contribution in [-0.4, -0.2) is 43.4 Å². The van der Waals surface area contributed by atoms with Crippen LogP contribution in [0.25, 0.3) is 0 Å². The smallest absolute Gasteiger partial charge is 0.139 e. The van der Waals surface area contributed by atoms with Crippen molar-refractivity contribution in [2.24, 2.45) is 22.7 Å². The molecule has 144 valence electrons. The molecule has 5 rings (SSSR count). The molecule has 2 saturated heterocycles. The van der Waals surface area contributed by atoms with E-state index in [1.807, 2.05) is 0 Å². The summed E-state index contributed by atoms with van der Waals surface area (Å²) in [4.78, 5) is 12.5. The number of hydrogen-bond donors (Lipinski definition) is 0. The third kappa shape index (κ3) is 2.21. The molecule has 4 nitrogen and oxygen atoms in total. The largest absolute Gasteiger partial charge is 0.381 e. The molecule has 0 bridgehead atoms. The van der Waals surface area contributed by atoms with Gasteiger partial charge in [-0.15, -0.1) is 0 Å². The maximum absolute atomic E-state index is 12.5. The van der Waals surface area contributed by atoms with Gasteiger partial charge < -0.3 is 14.2 Å². The average Bonchev–Trinajstić information content (AvgIpc) is 3.16. The highest BCUT2D eigenvalue weighted by Crippen LogP contribution is 2.68. The van der Waals surface area contributed by atoms with E-state index < -0.39 is 0 Å². The number of ether oxygens (including phenoxy) is 3. The lowest BCUT2D eigenvalue weighted by molar-refractivity contribution is -0.127. The fourth-order valence-electron chi connectivity index (χ4n) is 6.53. The molecular formula is C22H32O4. The van der Waals surface area contributed by atoms with Crippen LogP contribution in [-0.2, 0) is 19.0 Å². The second-order valence-corrected chi connectivity index (χ2v) is 10.4. The van der Waals surface area contributed by atoms with E-state index in [-0.39, 0.29) is 22.0 Å². The first-order chi connectivity index (χ1) is 12.3. The lowest BCUT2D eigenvalue weighted by Crippen LogP contribution is -2.47. The van der Waals surface area contributed by atoms with Gasteiger partial charge in [-0.05, 0) is 43.1 Å². The van der Waals surface area contributed by atoms with E-state index in [2.05, 4.69) is 26.8 Å². The van der Waals surface area contributed by atoms with Crippen LogP contribution in [0, 0.1) is 22.7 Å². The Morgan fingerprint density at radius 3 is 2.69 bits per heavy atom. The van der Waals surface area contributed by atoms with Gasteiger partial charge in [0.15, 0.2) is 0 Å². The summed E-state index contributed by atoms with van der Waals surface area (Å²) in [5.41, 5.74) is 1.06. The zero-order chi connectivity index (χ0) is 18.2. The average molecular weight is 360 g/mol. The van der Waals surface area contributed by atoms with Gasteiger partial charge in [0.1, 0.15) is 17.0 Å². The van der Waals surface area contributed by atoms with Crippen molar-refractivity contribution in [2.45, 2.75) is 70.5 Å². The molecule has 0 spiro atoms. The molecule has 5 unspecified atom stereocenters. The first-order valence-corrected chi connectivity index (χ1v) is 10.4. The van der Waals surface area contributed by atoms with Crippen molar-refractivity contribution >= 4 is 5.78 Å². The number of hydrogen-bond acceptors (Lipinski definition) is 4. The van der Waals surface area contributed by atoms with Crippen LogP contribution in [0.15, 0.2) is 11.6 Å². The Labute approximate surface area is 156 Å². The van der Waals surface area contributed by atoms with Gasteiger partial charge in [-0.1, -0.05) is 26.8 Å². The minimum Gasteiger partial charge on any atom is -0.381 e. The molecule has 2 aliphatic heterocycles. The summed E-state index contributed by atoms with van der Waals surface area (Å²) < 4.78 is 18.7. The number of rotatable bonds is 0. The summed E-state index contributed by atoms with van der Waals surface area (Å²) in [6.07, 6.45) is 8.19. The third-order valence-corrected chi connectivity index (χ3v) is 8.08. The summed E-state index contributed by atoms with van der Waals surface area (Å²) in [6, 6.07) is 0. The van der Waals surface area contributed by atoms with Crippen LogP contribution < -0.4 is 0 Å². The number of epoxide rings is 1. The normalized spacial score (nSPS) is 50.0. The molecule has 2 saturated carbocycles. The third-order valence-electron chi connectivity index (χ3n) is 8.08. The second kappa shape index (κ2) is 5.42. The molecule has 0 aromatic heterocycles. The Morgan fingerprint density at radius 2 is 1.85 bits per heavy atom. The molecule has 0 radical (unpaired) electrons. The Morgan fingerprint density at radius 1 is 1.04 bits per heavy atom. The summed E-state index contributed by atoms with van der Waals surface area (Å²) >= 11 is 0. The highest BCUT2D eigenvalue weighted by Gasteiger charge is 2.75. The highest BCUT2D eigenvalue weighted by atomic mass is 16.7. The van der Waals surface area contributed by atoms with Crippen molar-refractivity contribution in [3.05, 3.63) is 11.6 Å². The summed E-state index contributed by atoms with van der Waals surface area (Å²) in [5.74, 6) is 1.49. The van der Waals surface area contributed by atoms with Gasteiger partial charge in [-0.3, -0.25) is 4.79 Å². The molecule has 4 fully saturated rings. The zero-order valence-electron chi connectivity index (χ0n) is 16.4. The van der Waals surface area contributed by atoms with E-state index in [0.29, 0.717) is 30.8 Å². The number of carbonyl (C=O) groups is 1. The van der Waals surface area contributed by atoms with Crippen molar-refractivity contribution in [1.29, 1.82) is 0 Å². The van der Waals surface area contributed by atoms with Crippen molar-refractivity contribution in [2.75, 3.05) is 26.4 Å². The molecule has 4 heteroatoms. The lowest BCUT2D eigenvalue weighted by atomic mass is 9.56. The minimum atomic E-state index is -0.190. The van der Waals surface area contributed by atoms with Gasteiger partial charge in [0.25, 0.3) is 0 Å². The standard InChI is InChI=1S/C22H32O4/c1-19(2)12-24-11-10-22-17-7-8-20(3)16(4-5-18(20)23)15(17)6-9-21(22,26-22)14-25-13-19/h7,15-16H,4-6,8-14H2,1-3H3. The Kier molecular flexibility index (Phi) is 3.63. The molecule has 5 aliphatic rings. The second-order valence-electron chi connectivity index (χ2n) is 10.4. The van der Waals surface area contributed by atoms with Crippen LogP contribution in [0.1, 0.15) is 59.3 Å². The van der Waals surface area contributed by atoms with E-state index in [9.17, 15) is 4.79 Å². The molecule has 0 aromatic rings. The Bertz CT molecular complexity index is 667. The molecular weight excluding hydrogens is 328 g/mol. The van der Waals surface area contributed by atoms with Crippen LogP contribution >= 0.6 is 0 Å². The van der Waals surface area contributed by atoms with E-state index in [1.165, 1.54) is 5.57 Å². The van der Waals surface area contributed by atoms with Crippen LogP contribution in [0.4, 0.5) is 0 Å². The predicted molar refractivity (Wildman–Crippen MR) is 97.8 cm³/mol. The van der Waals surface area contributed by atoms with Crippen molar-refractivity contribution in [3.8, 4) is 0 Å². The fourth-order valence-corrected chi connectivity index (χ4v) is 6.53. The molecule has 0 aromatic carbocycles.